The van der Waals surface area contributed by atoms with Gasteiger partial charge in [0, 0.05) is 0 Å². The van der Waals surface area contributed by atoms with E-state index in [4.69, 9.17) is 8.37 Å². The molecule has 0 spiro atoms. The number of para-hydroxylation sites is 2. The Morgan fingerprint density at radius 1 is 0.649 bits per heavy atom. The number of aromatic amines is 1. The van der Waals surface area contributed by atoms with Gasteiger partial charge in [0.1, 0.15) is 26.8 Å². The molecule has 0 fully saturated rings. The van der Waals surface area contributed by atoms with Gasteiger partial charge < -0.3 is 13.4 Å². The molecular weight excluding hydrogens is 576 g/mol. The molecule has 37 heavy (non-hydrogen) atoms. The fourth-order valence-corrected chi connectivity index (χ4v) is 7.76. The monoisotopic (exact) mass is 590 g/mol. The van der Waals surface area contributed by atoms with E-state index in [0.717, 1.165) is 12.1 Å². The highest BCUT2D eigenvalue weighted by molar-refractivity contribution is 7.91. The van der Waals surface area contributed by atoms with E-state index in [9.17, 15) is 42.8 Å². The van der Waals surface area contributed by atoms with Crippen LogP contribution in [-0.2, 0) is 40.5 Å². The van der Waals surface area contributed by atoms with E-state index in [2.05, 4.69) is 9.97 Å². The van der Waals surface area contributed by atoms with E-state index in [1.165, 1.54) is 42.5 Å². The Labute approximate surface area is 210 Å². The minimum absolute atomic E-state index is 0.166. The lowest BCUT2D eigenvalue weighted by molar-refractivity contribution is 0.458. The van der Waals surface area contributed by atoms with Gasteiger partial charge in [0.25, 0.3) is 25.4 Å². The SMILES string of the molecule is O=S(=O)(O)c1cc2[nH]c(S(=O)(=O)Oc3ccccc3)nc2c(S(=O)(=O)Oc2ccccc2)c1S(=O)(=O)O. The van der Waals surface area contributed by atoms with Crippen molar-refractivity contribution in [2.45, 2.75) is 19.8 Å². The van der Waals surface area contributed by atoms with Gasteiger partial charge in [-0.05, 0) is 30.3 Å². The molecule has 0 radical (unpaired) electrons. The molecule has 4 rings (SSSR count). The van der Waals surface area contributed by atoms with Crippen LogP contribution in [0, 0.1) is 0 Å². The second kappa shape index (κ2) is 9.08. The zero-order chi connectivity index (χ0) is 27.2. The predicted molar refractivity (Wildman–Crippen MR) is 124 cm³/mol. The second-order valence-corrected chi connectivity index (χ2v) is 12.8. The summed E-state index contributed by atoms with van der Waals surface area (Å²) < 4.78 is 129. The predicted octanol–water partition coefficient (Wildman–Crippen LogP) is 1.59. The molecule has 3 N–H and O–H groups in total. The van der Waals surface area contributed by atoms with Crippen LogP contribution in [-0.4, -0.2) is 52.7 Å². The Bertz CT molecular complexity index is 1940. The van der Waals surface area contributed by atoms with Crippen molar-refractivity contribution < 1.29 is 51.1 Å². The van der Waals surface area contributed by atoms with Gasteiger partial charge in [0.05, 0.1) is 5.52 Å². The van der Waals surface area contributed by atoms with Gasteiger partial charge >= 0.3 is 20.2 Å². The minimum atomic E-state index is -5.72. The van der Waals surface area contributed by atoms with Crippen molar-refractivity contribution in [3.8, 4) is 11.5 Å². The van der Waals surface area contributed by atoms with Crippen LogP contribution in [0.4, 0.5) is 0 Å². The van der Waals surface area contributed by atoms with Crippen molar-refractivity contribution in [1.29, 1.82) is 0 Å². The number of nitrogens with one attached hydrogen (secondary N) is 1. The summed E-state index contributed by atoms with van der Waals surface area (Å²) in [6, 6.07) is 13.9. The van der Waals surface area contributed by atoms with Gasteiger partial charge in [0.15, 0.2) is 4.90 Å². The molecule has 0 amide bonds. The Kier molecular flexibility index (Phi) is 6.51. The molecule has 0 aliphatic rings. The first-order chi connectivity index (χ1) is 17.1. The molecule has 0 aliphatic carbocycles. The summed E-state index contributed by atoms with van der Waals surface area (Å²) in [6.45, 7) is 0. The molecule has 0 saturated heterocycles. The Morgan fingerprint density at radius 2 is 1.14 bits per heavy atom. The summed E-state index contributed by atoms with van der Waals surface area (Å²) in [5, 5.41) is -1.06. The summed E-state index contributed by atoms with van der Waals surface area (Å²) in [4.78, 5) is 0.783. The first-order valence-electron chi connectivity index (χ1n) is 9.60. The number of hydrogen-bond donors (Lipinski definition) is 3. The van der Waals surface area contributed by atoms with Crippen molar-refractivity contribution in [1.82, 2.24) is 9.97 Å². The Morgan fingerprint density at radius 3 is 1.59 bits per heavy atom. The Balaban J connectivity index is 2.06. The molecule has 3 aromatic carbocycles. The van der Waals surface area contributed by atoms with E-state index in [1.807, 2.05) is 0 Å². The van der Waals surface area contributed by atoms with Gasteiger partial charge in [-0.25, -0.2) is 4.98 Å². The van der Waals surface area contributed by atoms with Crippen LogP contribution < -0.4 is 8.37 Å². The highest BCUT2D eigenvalue weighted by atomic mass is 32.2. The van der Waals surface area contributed by atoms with Crippen molar-refractivity contribution in [3.05, 3.63) is 66.7 Å². The highest BCUT2D eigenvalue weighted by Gasteiger charge is 2.39. The lowest BCUT2D eigenvalue weighted by Gasteiger charge is -2.13. The quantitative estimate of drug-likeness (QED) is 0.196. The molecule has 4 aromatic rings. The summed E-state index contributed by atoms with van der Waals surface area (Å²) >= 11 is 0. The molecule has 0 unspecified atom stereocenters. The molecule has 0 bridgehead atoms. The molecular formula is C19H14N2O12S4. The summed E-state index contributed by atoms with van der Waals surface area (Å²) in [6.07, 6.45) is 0. The third kappa shape index (κ3) is 5.43. The van der Waals surface area contributed by atoms with E-state index >= 15 is 0 Å². The number of rotatable bonds is 8. The first kappa shape index (κ1) is 26.5. The number of H-pyrrole nitrogens is 1. The van der Waals surface area contributed by atoms with Gasteiger partial charge in [-0.3, -0.25) is 9.11 Å². The number of hydrogen-bond acceptors (Lipinski definition) is 11. The van der Waals surface area contributed by atoms with E-state index < -0.39 is 71.3 Å². The zero-order valence-corrected chi connectivity index (χ0v) is 21.2. The van der Waals surface area contributed by atoms with Crippen molar-refractivity contribution in [2.24, 2.45) is 0 Å². The van der Waals surface area contributed by atoms with Crippen molar-refractivity contribution in [2.75, 3.05) is 0 Å². The van der Waals surface area contributed by atoms with Gasteiger partial charge in [-0.1, -0.05) is 36.4 Å². The Hall–Kier alpha value is -3.55. The number of aromatic nitrogens is 2. The summed E-state index contributed by atoms with van der Waals surface area (Å²) in [7, 11) is -21.4. The average Bonchev–Trinajstić information content (AvgIpc) is 3.22. The molecule has 0 atom stereocenters. The average molecular weight is 591 g/mol. The number of benzene rings is 3. The second-order valence-electron chi connectivity index (χ2n) is 7.12. The fourth-order valence-electron chi connectivity index (χ4n) is 3.13. The number of imidazole rings is 1. The van der Waals surface area contributed by atoms with Crippen LogP contribution in [0.5, 0.6) is 11.5 Å². The topological polar surface area (TPSA) is 224 Å². The minimum Gasteiger partial charge on any atom is -0.379 e. The van der Waals surface area contributed by atoms with Crippen molar-refractivity contribution in [3.63, 3.8) is 0 Å². The van der Waals surface area contributed by atoms with E-state index in [1.54, 1.807) is 6.07 Å². The molecule has 196 valence electrons. The largest absolute Gasteiger partial charge is 0.379 e. The van der Waals surface area contributed by atoms with E-state index in [-0.39, 0.29) is 11.5 Å². The lowest BCUT2D eigenvalue weighted by Crippen LogP contribution is -2.18. The maximum atomic E-state index is 13.2. The van der Waals surface area contributed by atoms with Crippen LogP contribution in [0.15, 0.2) is 86.6 Å². The van der Waals surface area contributed by atoms with Crippen LogP contribution in [0.3, 0.4) is 0 Å². The zero-order valence-electron chi connectivity index (χ0n) is 17.9. The van der Waals surface area contributed by atoms with Gasteiger partial charge in [-0.2, -0.15) is 33.7 Å². The van der Waals surface area contributed by atoms with Gasteiger partial charge in [0.2, 0.25) is 0 Å². The van der Waals surface area contributed by atoms with Crippen LogP contribution in [0.25, 0.3) is 11.0 Å². The maximum absolute atomic E-state index is 13.2. The lowest BCUT2D eigenvalue weighted by atomic mass is 10.3. The van der Waals surface area contributed by atoms with Crippen molar-refractivity contribution >= 4 is 51.5 Å². The number of nitrogens with zero attached hydrogens (tertiary/aromatic N) is 1. The summed E-state index contributed by atoms with van der Waals surface area (Å²) in [5.74, 6) is -0.523. The number of fused-ring (bicyclic) bond motifs is 1. The van der Waals surface area contributed by atoms with Crippen LogP contribution >= 0.6 is 0 Å². The standard InChI is InChI=1S/C19H14N2O12S4/c22-34(23,24)15-11-14-16(21-19(20-14)37(30,31)33-13-9-5-2-6-10-13)18(17(15)35(25,26)27)36(28,29)32-12-7-3-1-4-8-12/h1-11H,(H,20,21)(H,22,23,24)(H,25,26,27). The molecule has 1 aromatic heterocycles. The maximum Gasteiger partial charge on any atom is 0.373 e. The third-order valence-corrected chi connectivity index (χ3v) is 9.02. The smallest absolute Gasteiger partial charge is 0.373 e. The summed E-state index contributed by atoms with van der Waals surface area (Å²) in [5.41, 5.74) is -1.63. The fraction of sp³-hybridized carbons (Fsp3) is 0. The normalized spacial score (nSPS) is 12.9. The molecule has 0 aliphatic heterocycles. The van der Waals surface area contributed by atoms with Crippen LogP contribution in [0.2, 0.25) is 0 Å². The van der Waals surface area contributed by atoms with Gasteiger partial charge in [-0.15, -0.1) is 0 Å². The third-order valence-electron chi connectivity index (χ3n) is 4.55. The molecule has 0 saturated carbocycles. The highest BCUT2D eigenvalue weighted by Crippen LogP contribution is 2.36. The first-order valence-corrected chi connectivity index (χ1v) is 15.3. The van der Waals surface area contributed by atoms with Crippen LogP contribution in [0.1, 0.15) is 0 Å². The van der Waals surface area contributed by atoms with E-state index in [0.29, 0.717) is 6.07 Å². The molecule has 1 heterocycles. The molecule has 18 heteroatoms. The molecule has 14 nitrogen and oxygen atoms in total.